The van der Waals surface area contributed by atoms with E-state index < -0.39 is 5.41 Å². The van der Waals surface area contributed by atoms with E-state index in [1.165, 1.54) is 0 Å². The lowest BCUT2D eigenvalue weighted by molar-refractivity contribution is -0.136. The molecule has 0 spiro atoms. The molecule has 4 rings (SSSR count). The quantitative estimate of drug-likeness (QED) is 0.806. The van der Waals surface area contributed by atoms with Crippen molar-refractivity contribution >= 4 is 22.8 Å². The summed E-state index contributed by atoms with van der Waals surface area (Å²) in [6.45, 7) is 6.78. The first-order chi connectivity index (χ1) is 13.5. The van der Waals surface area contributed by atoms with Crippen molar-refractivity contribution in [2.45, 2.75) is 71.4 Å². The maximum Gasteiger partial charge on any atom is 0.228 e. The van der Waals surface area contributed by atoms with Gasteiger partial charge in [0.15, 0.2) is 0 Å². The van der Waals surface area contributed by atoms with E-state index in [2.05, 4.69) is 29.1 Å². The number of hydrogen-bond acceptors (Lipinski definition) is 3. The van der Waals surface area contributed by atoms with E-state index in [0.29, 0.717) is 13.0 Å². The van der Waals surface area contributed by atoms with Crippen LogP contribution in [0.4, 0.5) is 0 Å². The number of hydrogen-bond donors (Lipinski definition) is 2. The van der Waals surface area contributed by atoms with E-state index >= 15 is 0 Å². The lowest BCUT2D eigenvalue weighted by atomic mass is 9.71. The first-order valence-corrected chi connectivity index (χ1v) is 10.5. The molecule has 0 radical (unpaired) electrons. The van der Waals surface area contributed by atoms with Crippen LogP contribution in [0.3, 0.4) is 0 Å². The standard InChI is InChI=1S/C22H30N4O2/c1-4-10-23-21(28)22(5-2)13-16-7-9-19(22)26(16)20(27)12-15-6-8-17-18(11-15)25-14(3)24-17/h6,8,11,16,19H,4-5,7,9-10,12-13H2,1-3H3,(H,23,28)(H,24,25)/t16-,19+,22+/m1/s1. The molecule has 3 heterocycles. The molecule has 6 nitrogen and oxygen atoms in total. The number of carbonyl (C=O) groups excluding carboxylic acids is 2. The highest BCUT2D eigenvalue weighted by Crippen LogP contribution is 2.52. The number of nitrogens with zero attached hydrogens (tertiary/aromatic N) is 2. The van der Waals surface area contributed by atoms with Gasteiger partial charge in [0.25, 0.3) is 0 Å². The number of amides is 2. The number of aryl methyl sites for hydroxylation is 1. The average molecular weight is 383 g/mol. The minimum Gasteiger partial charge on any atom is -0.356 e. The summed E-state index contributed by atoms with van der Waals surface area (Å²) in [5.41, 5.74) is 2.46. The fraction of sp³-hybridized carbons (Fsp3) is 0.591. The third kappa shape index (κ3) is 2.99. The molecule has 2 aliphatic rings. The lowest BCUT2D eigenvalue weighted by Gasteiger charge is -2.35. The van der Waals surface area contributed by atoms with E-state index in [1.807, 2.05) is 30.0 Å². The van der Waals surface area contributed by atoms with Gasteiger partial charge in [-0.05, 0) is 56.7 Å². The monoisotopic (exact) mass is 382 g/mol. The summed E-state index contributed by atoms with van der Waals surface area (Å²) in [7, 11) is 0. The summed E-state index contributed by atoms with van der Waals surface area (Å²) in [4.78, 5) is 35.9. The van der Waals surface area contributed by atoms with Crippen molar-refractivity contribution in [2.75, 3.05) is 6.54 Å². The van der Waals surface area contributed by atoms with Crippen molar-refractivity contribution in [1.29, 1.82) is 0 Å². The Labute approximate surface area is 166 Å². The number of fused-ring (bicyclic) bond motifs is 3. The Bertz CT molecular complexity index is 905. The van der Waals surface area contributed by atoms with Crippen LogP contribution in [-0.2, 0) is 16.0 Å². The van der Waals surface area contributed by atoms with Crippen LogP contribution >= 0.6 is 0 Å². The van der Waals surface area contributed by atoms with Gasteiger partial charge in [0.1, 0.15) is 5.82 Å². The molecule has 6 heteroatoms. The van der Waals surface area contributed by atoms with E-state index in [9.17, 15) is 9.59 Å². The number of aromatic amines is 1. The lowest BCUT2D eigenvalue weighted by Crippen LogP contribution is -2.50. The van der Waals surface area contributed by atoms with E-state index in [4.69, 9.17) is 0 Å². The first-order valence-electron chi connectivity index (χ1n) is 10.5. The molecular formula is C22H30N4O2. The number of benzene rings is 1. The minimum atomic E-state index is -0.418. The van der Waals surface area contributed by atoms with Crippen LogP contribution in [0.5, 0.6) is 0 Å². The highest BCUT2D eigenvalue weighted by atomic mass is 16.2. The van der Waals surface area contributed by atoms with Crippen molar-refractivity contribution in [2.24, 2.45) is 5.41 Å². The maximum absolute atomic E-state index is 13.2. The molecule has 2 aliphatic heterocycles. The van der Waals surface area contributed by atoms with Gasteiger partial charge in [-0.3, -0.25) is 9.59 Å². The van der Waals surface area contributed by atoms with E-state index in [1.54, 1.807) is 0 Å². The summed E-state index contributed by atoms with van der Waals surface area (Å²) >= 11 is 0. The molecule has 2 aromatic rings. The van der Waals surface area contributed by atoms with Crippen molar-refractivity contribution in [3.63, 3.8) is 0 Å². The van der Waals surface area contributed by atoms with Gasteiger partial charge in [0.05, 0.1) is 22.9 Å². The zero-order valence-corrected chi connectivity index (χ0v) is 17.0. The second kappa shape index (κ2) is 7.22. The molecule has 1 aromatic carbocycles. The van der Waals surface area contributed by atoms with Crippen molar-refractivity contribution in [3.8, 4) is 0 Å². The molecule has 2 saturated heterocycles. The molecule has 0 saturated carbocycles. The van der Waals surface area contributed by atoms with Crippen LogP contribution in [0, 0.1) is 12.3 Å². The van der Waals surface area contributed by atoms with Crippen molar-refractivity contribution < 1.29 is 9.59 Å². The van der Waals surface area contributed by atoms with E-state index in [0.717, 1.165) is 54.5 Å². The molecule has 3 atom stereocenters. The van der Waals surface area contributed by atoms with E-state index in [-0.39, 0.29) is 23.9 Å². The topological polar surface area (TPSA) is 78.1 Å². The van der Waals surface area contributed by atoms with Crippen LogP contribution < -0.4 is 5.32 Å². The Balaban J connectivity index is 1.53. The number of aromatic nitrogens is 2. The maximum atomic E-state index is 13.2. The number of carbonyl (C=O) groups is 2. The van der Waals surface area contributed by atoms with Gasteiger partial charge in [0, 0.05) is 18.6 Å². The highest BCUT2D eigenvalue weighted by molar-refractivity contribution is 5.88. The fourth-order valence-electron chi connectivity index (χ4n) is 5.32. The van der Waals surface area contributed by atoms with Crippen LogP contribution in [0.15, 0.2) is 18.2 Å². The zero-order chi connectivity index (χ0) is 19.9. The fourth-order valence-corrected chi connectivity index (χ4v) is 5.32. The first kappa shape index (κ1) is 19.0. The second-order valence-corrected chi connectivity index (χ2v) is 8.37. The van der Waals surface area contributed by atoms with Gasteiger partial charge in [0.2, 0.25) is 11.8 Å². The molecule has 0 aliphatic carbocycles. The molecule has 2 N–H and O–H groups in total. The third-order valence-corrected chi connectivity index (χ3v) is 6.67. The Morgan fingerprint density at radius 2 is 2.14 bits per heavy atom. The summed E-state index contributed by atoms with van der Waals surface area (Å²) in [5.74, 6) is 1.15. The molecule has 150 valence electrons. The van der Waals surface area contributed by atoms with Crippen LogP contribution in [-0.4, -0.2) is 45.3 Å². The van der Waals surface area contributed by atoms with Crippen molar-refractivity contribution in [3.05, 3.63) is 29.6 Å². The molecule has 2 fully saturated rings. The molecule has 2 amide bonds. The third-order valence-electron chi connectivity index (χ3n) is 6.67. The predicted molar refractivity (Wildman–Crippen MR) is 109 cm³/mol. The summed E-state index contributed by atoms with van der Waals surface area (Å²) in [6.07, 6.45) is 4.83. The SMILES string of the molecule is CCCNC(=O)[C@@]1(CC)C[C@H]2CC[C@@H]1N2C(=O)Cc1ccc2nc(C)[nH]c2c1. The normalized spacial score (nSPS) is 26.2. The van der Waals surface area contributed by atoms with Crippen LogP contribution in [0.2, 0.25) is 0 Å². The molecule has 28 heavy (non-hydrogen) atoms. The highest BCUT2D eigenvalue weighted by Gasteiger charge is 2.59. The smallest absolute Gasteiger partial charge is 0.228 e. The number of imidazole rings is 1. The minimum absolute atomic E-state index is 0.0324. The summed E-state index contributed by atoms with van der Waals surface area (Å²) < 4.78 is 0. The Morgan fingerprint density at radius 3 is 2.89 bits per heavy atom. The average Bonchev–Trinajstić information content (AvgIpc) is 3.35. The predicted octanol–water partition coefficient (Wildman–Crippen LogP) is 3.10. The number of nitrogens with one attached hydrogen (secondary N) is 2. The van der Waals surface area contributed by atoms with Gasteiger partial charge in [-0.15, -0.1) is 0 Å². The van der Waals surface area contributed by atoms with Gasteiger partial charge in [-0.1, -0.05) is 19.9 Å². The largest absolute Gasteiger partial charge is 0.356 e. The molecule has 1 aromatic heterocycles. The van der Waals surface area contributed by atoms with Crippen LogP contribution in [0.25, 0.3) is 11.0 Å². The van der Waals surface area contributed by atoms with Crippen LogP contribution in [0.1, 0.15) is 57.3 Å². The second-order valence-electron chi connectivity index (χ2n) is 8.37. The summed E-state index contributed by atoms with van der Waals surface area (Å²) in [5, 5.41) is 3.09. The van der Waals surface area contributed by atoms with Gasteiger partial charge in [-0.25, -0.2) is 4.98 Å². The van der Waals surface area contributed by atoms with Gasteiger partial charge in [-0.2, -0.15) is 0 Å². The molecule has 2 bridgehead atoms. The Morgan fingerprint density at radius 1 is 1.32 bits per heavy atom. The Hall–Kier alpha value is -2.37. The van der Waals surface area contributed by atoms with Gasteiger partial charge < -0.3 is 15.2 Å². The number of H-pyrrole nitrogens is 1. The van der Waals surface area contributed by atoms with Gasteiger partial charge >= 0.3 is 0 Å². The summed E-state index contributed by atoms with van der Waals surface area (Å²) in [6, 6.07) is 6.20. The van der Waals surface area contributed by atoms with Crippen molar-refractivity contribution in [1.82, 2.24) is 20.2 Å². The Kier molecular flexibility index (Phi) is 4.89. The zero-order valence-electron chi connectivity index (χ0n) is 17.0. The number of rotatable bonds is 6. The molecular weight excluding hydrogens is 352 g/mol. The molecule has 0 unspecified atom stereocenters.